The van der Waals surface area contributed by atoms with Crippen LogP contribution in [0.25, 0.3) is 0 Å². The van der Waals surface area contributed by atoms with Gasteiger partial charge in [-0.15, -0.1) is 0 Å². The molecule has 0 fully saturated rings. The van der Waals surface area contributed by atoms with Crippen LogP contribution in [-0.4, -0.2) is 18.9 Å². The SMILES string of the molecule is CC(=O)OC[C@@]1(C=O)CCCc2cc(Cl)ccc21. The van der Waals surface area contributed by atoms with Gasteiger partial charge in [0.1, 0.15) is 12.9 Å². The average molecular weight is 267 g/mol. The van der Waals surface area contributed by atoms with E-state index in [1.165, 1.54) is 6.92 Å². The summed E-state index contributed by atoms with van der Waals surface area (Å²) in [6, 6.07) is 5.54. The number of hydrogen-bond acceptors (Lipinski definition) is 3. The van der Waals surface area contributed by atoms with Gasteiger partial charge in [0.25, 0.3) is 0 Å². The second-order valence-corrected chi connectivity index (χ2v) is 5.15. The van der Waals surface area contributed by atoms with E-state index in [2.05, 4.69) is 0 Å². The standard InChI is InChI=1S/C14H15ClO3/c1-10(17)18-9-14(8-16)6-2-3-11-7-12(15)4-5-13(11)14/h4-5,7-8H,2-3,6,9H2,1H3/t14-/m0/s1. The molecule has 0 N–H and O–H groups in total. The molecule has 0 saturated heterocycles. The fourth-order valence-corrected chi connectivity index (χ4v) is 2.72. The topological polar surface area (TPSA) is 43.4 Å². The summed E-state index contributed by atoms with van der Waals surface area (Å²) in [5, 5.41) is 0.669. The van der Waals surface area contributed by atoms with E-state index in [0.29, 0.717) is 11.4 Å². The fraction of sp³-hybridized carbons (Fsp3) is 0.429. The Morgan fingerprint density at radius 2 is 2.33 bits per heavy atom. The van der Waals surface area contributed by atoms with E-state index in [1.807, 2.05) is 12.1 Å². The summed E-state index contributed by atoms with van der Waals surface area (Å²) < 4.78 is 5.06. The van der Waals surface area contributed by atoms with Gasteiger partial charge >= 0.3 is 5.97 Å². The third-order valence-electron chi connectivity index (χ3n) is 3.43. The Morgan fingerprint density at radius 3 is 3.00 bits per heavy atom. The van der Waals surface area contributed by atoms with Crippen molar-refractivity contribution in [1.82, 2.24) is 0 Å². The molecule has 0 spiro atoms. The molecule has 4 heteroatoms. The van der Waals surface area contributed by atoms with E-state index in [0.717, 1.165) is 30.3 Å². The number of rotatable bonds is 3. The number of fused-ring (bicyclic) bond motifs is 1. The molecule has 0 saturated carbocycles. The third-order valence-corrected chi connectivity index (χ3v) is 3.67. The second kappa shape index (κ2) is 5.11. The monoisotopic (exact) mass is 266 g/mol. The van der Waals surface area contributed by atoms with E-state index in [-0.39, 0.29) is 12.6 Å². The van der Waals surface area contributed by atoms with Gasteiger partial charge in [0, 0.05) is 11.9 Å². The minimum Gasteiger partial charge on any atom is -0.464 e. The zero-order chi connectivity index (χ0) is 13.2. The Morgan fingerprint density at radius 1 is 1.56 bits per heavy atom. The molecule has 1 aliphatic rings. The highest BCUT2D eigenvalue weighted by molar-refractivity contribution is 6.30. The Bertz CT molecular complexity index is 484. The maximum atomic E-state index is 11.5. The molecule has 0 radical (unpaired) electrons. The lowest BCUT2D eigenvalue weighted by Crippen LogP contribution is -2.38. The van der Waals surface area contributed by atoms with E-state index < -0.39 is 5.41 Å². The zero-order valence-electron chi connectivity index (χ0n) is 10.2. The Labute approximate surface area is 111 Å². The van der Waals surface area contributed by atoms with Crippen LogP contribution in [0.2, 0.25) is 5.02 Å². The number of ether oxygens (including phenoxy) is 1. The molecular weight excluding hydrogens is 252 g/mol. The molecule has 0 amide bonds. The van der Waals surface area contributed by atoms with Gasteiger partial charge in [-0.2, -0.15) is 0 Å². The quantitative estimate of drug-likeness (QED) is 0.624. The zero-order valence-corrected chi connectivity index (χ0v) is 11.0. The molecule has 0 heterocycles. The van der Waals surface area contributed by atoms with Gasteiger partial charge in [0.05, 0.1) is 5.41 Å². The van der Waals surface area contributed by atoms with Crippen LogP contribution in [0.3, 0.4) is 0 Å². The van der Waals surface area contributed by atoms with E-state index in [4.69, 9.17) is 16.3 Å². The lowest BCUT2D eigenvalue weighted by molar-refractivity contribution is -0.143. The fourth-order valence-electron chi connectivity index (χ4n) is 2.52. The second-order valence-electron chi connectivity index (χ2n) is 4.71. The van der Waals surface area contributed by atoms with Gasteiger partial charge < -0.3 is 9.53 Å². The van der Waals surface area contributed by atoms with E-state index in [1.54, 1.807) is 6.07 Å². The molecule has 0 unspecified atom stereocenters. The molecule has 0 bridgehead atoms. The largest absolute Gasteiger partial charge is 0.464 e. The first-order valence-electron chi connectivity index (χ1n) is 5.96. The normalized spacial score (nSPS) is 22.1. The Balaban J connectivity index is 2.38. The molecule has 0 aromatic heterocycles. The number of aryl methyl sites for hydroxylation is 1. The minimum absolute atomic E-state index is 0.112. The van der Waals surface area contributed by atoms with Crippen molar-refractivity contribution < 1.29 is 14.3 Å². The summed E-state index contributed by atoms with van der Waals surface area (Å²) in [4.78, 5) is 22.5. The molecule has 2 rings (SSSR count). The van der Waals surface area contributed by atoms with Crippen molar-refractivity contribution >= 4 is 23.9 Å². The van der Waals surface area contributed by atoms with Crippen molar-refractivity contribution in [1.29, 1.82) is 0 Å². The van der Waals surface area contributed by atoms with Crippen molar-refractivity contribution in [2.45, 2.75) is 31.6 Å². The smallest absolute Gasteiger partial charge is 0.302 e. The highest BCUT2D eigenvalue weighted by atomic mass is 35.5. The maximum absolute atomic E-state index is 11.5. The van der Waals surface area contributed by atoms with Crippen molar-refractivity contribution in [2.24, 2.45) is 0 Å². The molecule has 18 heavy (non-hydrogen) atoms. The van der Waals surface area contributed by atoms with Crippen molar-refractivity contribution in [3.63, 3.8) is 0 Å². The Kier molecular flexibility index (Phi) is 3.71. The molecule has 1 atom stereocenters. The average Bonchev–Trinajstić information content (AvgIpc) is 2.35. The van der Waals surface area contributed by atoms with Crippen LogP contribution in [0, 0.1) is 0 Å². The van der Waals surface area contributed by atoms with Gasteiger partial charge in [0.2, 0.25) is 0 Å². The summed E-state index contributed by atoms with van der Waals surface area (Å²) >= 11 is 5.97. The first-order valence-corrected chi connectivity index (χ1v) is 6.34. The number of halogens is 1. The first-order chi connectivity index (χ1) is 8.57. The molecule has 1 aromatic carbocycles. The number of carbonyl (C=O) groups is 2. The lowest BCUT2D eigenvalue weighted by atomic mass is 9.71. The molecule has 1 aliphatic carbocycles. The summed E-state index contributed by atoms with van der Waals surface area (Å²) in [5.41, 5.74) is 1.31. The van der Waals surface area contributed by atoms with Crippen LogP contribution in [0.15, 0.2) is 18.2 Å². The predicted octanol–water partition coefficient (Wildman–Crippen LogP) is 2.68. The highest BCUT2D eigenvalue weighted by Crippen LogP contribution is 2.37. The molecule has 3 nitrogen and oxygen atoms in total. The molecule has 96 valence electrons. The van der Waals surface area contributed by atoms with Crippen LogP contribution in [0.1, 0.15) is 30.9 Å². The summed E-state index contributed by atoms with van der Waals surface area (Å²) in [6.45, 7) is 1.46. The van der Waals surface area contributed by atoms with Crippen LogP contribution in [-0.2, 0) is 26.2 Å². The van der Waals surface area contributed by atoms with E-state index >= 15 is 0 Å². The number of aldehydes is 1. The number of carbonyl (C=O) groups excluding carboxylic acids is 2. The molecule has 1 aromatic rings. The number of benzene rings is 1. The van der Waals surface area contributed by atoms with E-state index in [9.17, 15) is 9.59 Å². The van der Waals surface area contributed by atoms with Crippen LogP contribution < -0.4 is 0 Å². The van der Waals surface area contributed by atoms with Crippen LogP contribution in [0.5, 0.6) is 0 Å². The van der Waals surface area contributed by atoms with Crippen molar-refractivity contribution in [3.05, 3.63) is 34.3 Å². The third kappa shape index (κ3) is 2.41. The van der Waals surface area contributed by atoms with Crippen LogP contribution in [0.4, 0.5) is 0 Å². The summed E-state index contributed by atoms with van der Waals surface area (Å²) in [7, 11) is 0. The van der Waals surface area contributed by atoms with Gasteiger partial charge in [-0.1, -0.05) is 17.7 Å². The van der Waals surface area contributed by atoms with Crippen LogP contribution >= 0.6 is 11.6 Å². The van der Waals surface area contributed by atoms with Gasteiger partial charge in [0.15, 0.2) is 0 Å². The Hall–Kier alpha value is -1.35. The first kappa shape index (κ1) is 13.1. The lowest BCUT2D eigenvalue weighted by Gasteiger charge is -2.34. The number of esters is 1. The summed E-state index contributed by atoms with van der Waals surface area (Å²) in [6.07, 6.45) is 3.42. The van der Waals surface area contributed by atoms with Gasteiger partial charge in [-0.3, -0.25) is 4.79 Å². The predicted molar refractivity (Wildman–Crippen MR) is 68.8 cm³/mol. The van der Waals surface area contributed by atoms with Crippen molar-refractivity contribution in [2.75, 3.05) is 6.61 Å². The van der Waals surface area contributed by atoms with Crippen molar-refractivity contribution in [3.8, 4) is 0 Å². The minimum atomic E-state index is -0.705. The highest BCUT2D eigenvalue weighted by Gasteiger charge is 2.37. The molecular formula is C14H15ClO3. The molecule has 0 aliphatic heterocycles. The number of hydrogen-bond donors (Lipinski definition) is 0. The summed E-state index contributed by atoms with van der Waals surface area (Å²) in [5.74, 6) is -0.364. The van der Waals surface area contributed by atoms with Gasteiger partial charge in [-0.05, 0) is 42.5 Å². The van der Waals surface area contributed by atoms with Gasteiger partial charge in [-0.25, -0.2) is 0 Å². The maximum Gasteiger partial charge on any atom is 0.302 e.